The second-order valence-electron chi connectivity index (χ2n) is 5.16. The van der Waals surface area contributed by atoms with Gasteiger partial charge in [-0.05, 0) is 24.7 Å². The lowest BCUT2D eigenvalue weighted by Crippen LogP contribution is -2.33. The van der Waals surface area contributed by atoms with Gasteiger partial charge in [0.1, 0.15) is 0 Å². The van der Waals surface area contributed by atoms with Crippen LogP contribution >= 0.6 is 0 Å². The first-order valence-electron chi connectivity index (χ1n) is 5.02. The molecule has 0 aromatic rings. The standard InChI is InChI=1S/C11H17NO2/c1-10(2)4-3-5-11(7-10,8-12)6-9(13)14/h3-7H2,1-2H3,(H,13,14). The van der Waals surface area contributed by atoms with E-state index in [0.29, 0.717) is 6.42 Å². The van der Waals surface area contributed by atoms with E-state index in [1.54, 1.807) is 0 Å². The van der Waals surface area contributed by atoms with Crippen molar-refractivity contribution in [3.8, 4) is 6.07 Å². The van der Waals surface area contributed by atoms with Gasteiger partial charge < -0.3 is 5.11 Å². The molecule has 0 amide bonds. The predicted octanol–water partition coefficient (Wildman–Crippen LogP) is 2.57. The number of rotatable bonds is 2. The Morgan fingerprint density at radius 3 is 2.57 bits per heavy atom. The van der Waals surface area contributed by atoms with Gasteiger partial charge in [0.25, 0.3) is 0 Å². The molecule has 1 aliphatic carbocycles. The van der Waals surface area contributed by atoms with E-state index in [1.165, 1.54) is 0 Å². The lowest BCUT2D eigenvalue weighted by molar-refractivity contribution is -0.139. The minimum Gasteiger partial charge on any atom is -0.481 e. The Bertz CT molecular complexity index is 278. The summed E-state index contributed by atoms with van der Waals surface area (Å²) < 4.78 is 0. The minimum atomic E-state index is -0.857. The van der Waals surface area contributed by atoms with Gasteiger partial charge in [-0.3, -0.25) is 4.79 Å². The molecule has 1 rings (SSSR count). The molecule has 1 aliphatic rings. The van der Waals surface area contributed by atoms with E-state index in [2.05, 4.69) is 19.9 Å². The van der Waals surface area contributed by atoms with Crippen molar-refractivity contribution >= 4 is 5.97 Å². The van der Waals surface area contributed by atoms with Crippen LogP contribution in [-0.4, -0.2) is 11.1 Å². The molecule has 0 aliphatic heterocycles. The van der Waals surface area contributed by atoms with Gasteiger partial charge >= 0.3 is 5.97 Å². The topological polar surface area (TPSA) is 61.1 Å². The molecule has 1 atom stereocenters. The molecule has 0 aromatic carbocycles. The summed E-state index contributed by atoms with van der Waals surface area (Å²) in [5.41, 5.74) is -0.503. The Morgan fingerprint density at radius 2 is 2.14 bits per heavy atom. The smallest absolute Gasteiger partial charge is 0.304 e. The van der Waals surface area contributed by atoms with Gasteiger partial charge in [-0.1, -0.05) is 20.3 Å². The van der Waals surface area contributed by atoms with Gasteiger partial charge in [0.05, 0.1) is 17.9 Å². The number of hydrogen-bond donors (Lipinski definition) is 1. The molecule has 1 saturated carbocycles. The Kier molecular flexibility index (Phi) is 2.84. The van der Waals surface area contributed by atoms with E-state index in [9.17, 15) is 4.79 Å². The summed E-state index contributed by atoms with van der Waals surface area (Å²) in [6.45, 7) is 4.22. The molecule has 14 heavy (non-hydrogen) atoms. The van der Waals surface area contributed by atoms with Crippen LogP contribution in [0.1, 0.15) is 46.0 Å². The van der Waals surface area contributed by atoms with E-state index in [1.807, 2.05) is 0 Å². The largest absolute Gasteiger partial charge is 0.481 e. The molecule has 3 heteroatoms. The quantitative estimate of drug-likeness (QED) is 0.736. The van der Waals surface area contributed by atoms with Crippen LogP contribution in [0.15, 0.2) is 0 Å². The summed E-state index contributed by atoms with van der Waals surface area (Å²) in [6.07, 6.45) is 3.50. The third kappa shape index (κ3) is 2.47. The van der Waals surface area contributed by atoms with Crippen molar-refractivity contribution in [3.05, 3.63) is 0 Å². The van der Waals surface area contributed by atoms with Crippen molar-refractivity contribution in [2.75, 3.05) is 0 Å². The first-order valence-corrected chi connectivity index (χ1v) is 5.02. The summed E-state index contributed by atoms with van der Waals surface area (Å²) in [7, 11) is 0. The van der Waals surface area contributed by atoms with Gasteiger partial charge in [0.2, 0.25) is 0 Å². The van der Waals surface area contributed by atoms with Gasteiger partial charge in [0.15, 0.2) is 0 Å². The highest BCUT2D eigenvalue weighted by Crippen LogP contribution is 2.47. The summed E-state index contributed by atoms with van der Waals surface area (Å²) in [4.78, 5) is 10.7. The highest BCUT2D eigenvalue weighted by atomic mass is 16.4. The maximum atomic E-state index is 10.7. The third-order valence-electron chi connectivity index (χ3n) is 3.05. The first kappa shape index (κ1) is 11.0. The molecule has 0 heterocycles. The third-order valence-corrected chi connectivity index (χ3v) is 3.05. The van der Waals surface area contributed by atoms with Crippen molar-refractivity contribution in [3.63, 3.8) is 0 Å². The fourth-order valence-electron chi connectivity index (χ4n) is 2.57. The van der Waals surface area contributed by atoms with Crippen LogP contribution < -0.4 is 0 Å². The minimum absolute atomic E-state index is 0.00701. The summed E-state index contributed by atoms with van der Waals surface area (Å²) >= 11 is 0. The number of hydrogen-bond acceptors (Lipinski definition) is 2. The van der Waals surface area contributed by atoms with E-state index in [0.717, 1.165) is 19.3 Å². The van der Waals surface area contributed by atoms with Gasteiger partial charge in [0, 0.05) is 0 Å². The zero-order valence-electron chi connectivity index (χ0n) is 8.84. The van der Waals surface area contributed by atoms with Crippen LogP contribution in [0.4, 0.5) is 0 Å². The molecule has 0 spiro atoms. The molecule has 1 fully saturated rings. The highest BCUT2D eigenvalue weighted by molar-refractivity contribution is 5.68. The van der Waals surface area contributed by atoms with Crippen LogP contribution in [0.2, 0.25) is 0 Å². The molecule has 3 nitrogen and oxygen atoms in total. The highest BCUT2D eigenvalue weighted by Gasteiger charge is 2.41. The molecule has 0 radical (unpaired) electrons. The van der Waals surface area contributed by atoms with E-state index in [4.69, 9.17) is 10.4 Å². The second kappa shape index (κ2) is 3.61. The van der Waals surface area contributed by atoms with E-state index >= 15 is 0 Å². The fourth-order valence-corrected chi connectivity index (χ4v) is 2.57. The number of aliphatic carboxylic acids is 1. The maximum Gasteiger partial charge on any atom is 0.304 e. The predicted molar refractivity (Wildman–Crippen MR) is 52.5 cm³/mol. The van der Waals surface area contributed by atoms with Crippen molar-refractivity contribution in [1.29, 1.82) is 5.26 Å². The normalized spacial score (nSPS) is 30.6. The monoisotopic (exact) mass is 195 g/mol. The fraction of sp³-hybridized carbons (Fsp3) is 0.818. The molecule has 1 unspecified atom stereocenters. The van der Waals surface area contributed by atoms with E-state index in [-0.39, 0.29) is 11.8 Å². The van der Waals surface area contributed by atoms with Crippen molar-refractivity contribution in [1.82, 2.24) is 0 Å². The Balaban J connectivity index is 2.80. The number of carboxylic acid groups (broad SMARTS) is 1. The SMILES string of the molecule is CC1(C)CCCC(C#N)(CC(=O)O)C1. The Morgan fingerprint density at radius 1 is 1.50 bits per heavy atom. The van der Waals surface area contributed by atoms with Crippen molar-refractivity contribution in [2.45, 2.75) is 46.0 Å². The maximum absolute atomic E-state index is 10.7. The van der Waals surface area contributed by atoms with Gasteiger partial charge in [-0.15, -0.1) is 0 Å². The van der Waals surface area contributed by atoms with Crippen molar-refractivity contribution in [2.24, 2.45) is 10.8 Å². The second-order valence-corrected chi connectivity index (χ2v) is 5.16. The Hall–Kier alpha value is -1.04. The molecule has 0 bridgehead atoms. The van der Waals surface area contributed by atoms with Gasteiger partial charge in [-0.2, -0.15) is 5.26 Å². The van der Waals surface area contributed by atoms with Crippen LogP contribution in [0.25, 0.3) is 0 Å². The average molecular weight is 195 g/mol. The van der Waals surface area contributed by atoms with E-state index < -0.39 is 11.4 Å². The Labute approximate surface area is 84.7 Å². The number of nitriles is 1. The summed E-state index contributed by atoms with van der Waals surface area (Å²) in [5.74, 6) is -0.857. The molecular formula is C11H17NO2. The van der Waals surface area contributed by atoms with Crippen LogP contribution in [0, 0.1) is 22.2 Å². The van der Waals surface area contributed by atoms with Gasteiger partial charge in [-0.25, -0.2) is 0 Å². The average Bonchev–Trinajstić information content (AvgIpc) is 2.01. The summed E-state index contributed by atoms with van der Waals surface area (Å²) in [6, 6.07) is 2.22. The van der Waals surface area contributed by atoms with Crippen LogP contribution in [-0.2, 0) is 4.79 Å². The van der Waals surface area contributed by atoms with Crippen LogP contribution in [0.3, 0.4) is 0 Å². The molecule has 1 N–H and O–H groups in total. The number of nitrogens with zero attached hydrogens (tertiary/aromatic N) is 1. The van der Waals surface area contributed by atoms with Crippen LogP contribution in [0.5, 0.6) is 0 Å². The lowest BCUT2D eigenvalue weighted by atomic mass is 9.63. The number of carboxylic acids is 1. The molecule has 0 aromatic heterocycles. The van der Waals surface area contributed by atoms with Crippen molar-refractivity contribution < 1.29 is 9.90 Å². The zero-order chi connectivity index (χ0) is 10.8. The molecule has 0 saturated heterocycles. The zero-order valence-corrected chi connectivity index (χ0v) is 8.84. The lowest BCUT2D eigenvalue weighted by Gasteiger charge is -2.39. The number of carbonyl (C=O) groups is 1. The molecular weight excluding hydrogens is 178 g/mol. The molecule has 78 valence electrons. The summed E-state index contributed by atoms with van der Waals surface area (Å²) in [5, 5.41) is 17.9. The first-order chi connectivity index (χ1) is 6.39.